The smallest absolute Gasteiger partial charge is 0.229 e. The minimum absolute atomic E-state index is 0.140. The lowest BCUT2D eigenvalue weighted by Gasteiger charge is -2.36. The van der Waals surface area contributed by atoms with Gasteiger partial charge in [0.05, 0.1) is 12.5 Å². The van der Waals surface area contributed by atoms with Crippen LogP contribution in [0.4, 0.5) is 0 Å². The molecule has 0 N–H and O–H groups in total. The number of carbonyl (C=O) groups is 1. The van der Waals surface area contributed by atoms with Crippen LogP contribution in [0.1, 0.15) is 62.2 Å². The van der Waals surface area contributed by atoms with E-state index in [1.54, 1.807) is 0 Å². The van der Waals surface area contributed by atoms with Gasteiger partial charge in [-0.1, -0.05) is 6.42 Å². The normalized spacial score (nSPS) is 23.3. The van der Waals surface area contributed by atoms with Crippen LogP contribution >= 0.6 is 0 Å². The molecular weight excluding hydrogens is 392 g/mol. The summed E-state index contributed by atoms with van der Waals surface area (Å²) in [5, 5.41) is 9.04. The molecule has 1 aromatic carbocycles. The lowest BCUT2D eigenvalue weighted by Crippen LogP contribution is -2.45. The number of carbonyl (C=O) groups excluding carboxylic acids is 1. The molecule has 5 rings (SSSR count). The second kappa shape index (κ2) is 8.89. The largest absolute Gasteiger partial charge is 0.494 e. The molecule has 166 valence electrons. The molecular formula is C24H32N4O3. The zero-order valence-corrected chi connectivity index (χ0v) is 18.4. The summed E-state index contributed by atoms with van der Waals surface area (Å²) in [5.41, 5.74) is 1.06. The first kappa shape index (κ1) is 20.3. The van der Waals surface area contributed by atoms with Crippen LogP contribution < -0.4 is 9.47 Å². The second-order valence-corrected chi connectivity index (χ2v) is 8.97. The van der Waals surface area contributed by atoms with Gasteiger partial charge in [-0.3, -0.25) is 4.79 Å². The van der Waals surface area contributed by atoms with Gasteiger partial charge in [-0.25, -0.2) is 0 Å². The molecule has 31 heavy (non-hydrogen) atoms. The summed E-state index contributed by atoms with van der Waals surface area (Å²) in [6.07, 6.45) is 7.45. The molecule has 3 aliphatic heterocycles. The molecule has 4 heterocycles. The third-order valence-electron chi connectivity index (χ3n) is 6.83. The van der Waals surface area contributed by atoms with Gasteiger partial charge in [0, 0.05) is 32.0 Å². The van der Waals surface area contributed by atoms with Crippen molar-refractivity contribution in [2.45, 2.75) is 64.3 Å². The number of aryl methyl sites for hydroxylation is 1. The highest BCUT2D eigenvalue weighted by Crippen LogP contribution is 2.33. The Kier molecular flexibility index (Phi) is 5.83. The number of likely N-dealkylation sites (tertiary alicyclic amines) is 1. The molecule has 1 amide bonds. The molecule has 0 spiro atoms. The molecule has 0 radical (unpaired) electrons. The van der Waals surface area contributed by atoms with E-state index in [9.17, 15) is 4.79 Å². The van der Waals surface area contributed by atoms with E-state index in [1.807, 2.05) is 30.0 Å². The minimum atomic E-state index is -0.140. The van der Waals surface area contributed by atoms with Crippen molar-refractivity contribution in [2.24, 2.45) is 5.92 Å². The highest BCUT2D eigenvalue weighted by molar-refractivity contribution is 5.80. The summed E-state index contributed by atoms with van der Waals surface area (Å²) in [5.74, 6) is 4.25. The Balaban J connectivity index is 1.28. The van der Waals surface area contributed by atoms with Crippen LogP contribution in [-0.4, -0.2) is 51.9 Å². The first-order chi connectivity index (χ1) is 15.2. The van der Waals surface area contributed by atoms with E-state index in [2.05, 4.69) is 14.8 Å². The van der Waals surface area contributed by atoms with Gasteiger partial charge in [0.15, 0.2) is 0 Å². The van der Waals surface area contributed by atoms with Crippen LogP contribution in [0.3, 0.4) is 0 Å². The number of rotatable bonds is 4. The minimum Gasteiger partial charge on any atom is -0.494 e. The van der Waals surface area contributed by atoms with Crippen LogP contribution in [0.25, 0.3) is 0 Å². The SMILES string of the molecule is CCOc1ccc2c(c1)CC(C(=O)N1CCCC(c3nnc4n3CCCCC4)C1)CO2. The van der Waals surface area contributed by atoms with Crippen molar-refractivity contribution < 1.29 is 14.3 Å². The fourth-order valence-electron chi connectivity index (χ4n) is 5.24. The number of hydrogen-bond acceptors (Lipinski definition) is 5. The summed E-state index contributed by atoms with van der Waals surface area (Å²) in [6.45, 7) is 5.61. The Hall–Kier alpha value is -2.57. The molecule has 1 saturated heterocycles. The van der Waals surface area contributed by atoms with E-state index in [4.69, 9.17) is 9.47 Å². The lowest BCUT2D eigenvalue weighted by atomic mass is 9.92. The molecule has 3 aliphatic rings. The quantitative estimate of drug-likeness (QED) is 0.753. The standard InChI is InChI=1S/C24H32N4O3/c1-2-30-20-9-10-21-18(14-20)13-19(16-31-21)24(29)27-11-6-7-17(15-27)23-26-25-22-8-4-3-5-12-28(22)23/h9-10,14,17,19H,2-8,11-13,15-16H2,1H3. The number of ether oxygens (including phenoxy) is 2. The third-order valence-corrected chi connectivity index (χ3v) is 6.83. The Labute approximate surface area is 183 Å². The molecule has 2 unspecified atom stereocenters. The molecule has 2 atom stereocenters. The van der Waals surface area contributed by atoms with Gasteiger partial charge >= 0.3 is 0 Å². The van der Waals surface area contributed by atoms with Crippen molar-refractivity contribution in [3.63, 3.8) is 0 Å². The van der Waals surface area contributed by atoms with Crippen molar-refractivity contribution in [1.29, 1.82) is 0 Å². The molecule has 7 heteroatoms. The predicted molar refractivity (Wildman–Crippen MR) is 116 cm³/mol. The average Bonchev–Trinajstić information content (AvgIpc) is 3.06. The topological polar surface area (TPSA) is 69.5 Å². The van der Waals surface area contributed by atoms with Crippen LogP contribution in [-0.2, 0) is 24.2 Å². The first-order valence-corrected chi connectivity index (χ1v) is 11.8. The lowest BCUT2D eigenvalue weighted by molar-refractivity contribution is -0.138. The molecule has 2 aromatic rings. The Bertz CT molecular complexity index is 941. The van der Waals surface area contributed by atoms with E-state index in [1.165, 1.54) is 19.3 Å². The van der Waals surface area contributed by atoms with E-state index < -0.39 is 0 Å². The zero-order valence-electron chi connectivity index (χ0n) is 18.4. The summed E-state index contributed by atoms with van der Waals surface area (Å²) < 4.78 is 13.9. The highest BCUT2D eigenvalue weighted by Gasteiger charge is 2.34. The summed E-state index contributed by atoms with van der Waals surface area (Å²) in [6, 6.07) is 5.90. The van der Waals surface area contributed by atoms with Crippen LogP contribution in [0, 0.1) is 5.92 Å². The maximum absolute atomic E-state index is 13.4. The van der Waals surface area contributed by atoms with E-state index in [0.717, 1.165) is 67.6 Å². The Morgan fingerprint density at radius 3 is 3.03 bits per heavy atom. The van der Waals surface area contributed by atoms with Crippen molar-refractivity contribution in [3.05, 3.63) is 35.4 Å². The molecule has 0 aliphatic carbocycles. The maximum atomic E-state index is 13.4. The number of amides is 1. The monoisotopic (exact) mass is 424 g/mol. The van der Waals surface area contributed by atoms with Crippen LogP contribution in [0.2, 0.25) is 0 Å². The van der Waals surface area contributed by atoms with Gasteiger partial charge in [0.2, 0.25) is 5.91 Å². The fourth-order valence-corrected chi connectivity index (χ4v) is 5.24. The van der Waals surface area contributed by atoms with Crippen molar-refractivity contribution in [1.82, 2.24) is 19.7 Å². The van der Waals surface area contributed by atoms with Gasteiger partial charge in [-0.2, -0.15) is 0 Å². The summed E-state index contributed by atoms with van der Waals surface area (Å²) >= 11 is 0. The van der Waals surface area contributed by atoms with E-state index in [0.29, 0.717) is 19.6 Å². The molecule has 0 bridgehead atoms. The van der Waals surface area contributed by atoms with Gasteiger partial charge in [0.1, 0.15) is 29.8 Å². The number of piperidine rings is 1. The zero-order chi connectivity index (χ0) is 21.2. The number of aromatic nitrogens is 3. The first-order valence-electron chi connectivity index (χ1n) is 11.8. The average molecular weight is 425 g/mol. The number of nitrogens with zero attached hydrogens (tertiary/aromatic N) is 4. The molecule has 7 nitrogen and oxygen atoms in total. The van der Waals surface area contributed by atoms with Crippen molar-refractivity contribution in [3.8, 4) is 11.5 Å². The maximum Gasteiger partial charge on any atom is 0.229 e. The number of benzene rings is 1. The number of fused-ring (bicyclic) bond motifs is 2. The number of hydrogen-bond donors (Lipinski definition) is 0. The Morgan fingerprint density at radius 2 is 2.13 bits per heavy atom. The van der Waals surface area contributed by atoms with Crippen molar-refractivity contribution in [2.75, 3.05) is 26.3 Å². The summed E-state index contributed by atoms with van der Waals surface area (Å²) in [4.78, 5) is 15.4. The summed E-state index contributed by atoms with van der Waals surface area (Å²) in [7, 11) is 0. The molecule has 0 saturated carbocycles. The predicted octanol–water partition coefficient (Wildman–Crippen LogP) is 3.36. The highest BCUT2D eigenvalue weighted by atomic mass is 16.5. The third kappa shape index (κ3) is 4.14. The van der Waals surface area contributed by atoms with Gasteiger partial charge < -0.3 is 18.9 Å². The van der Waals surface area contributed by atoms with Gasteiger partial charge in [0.25, 0.3) is 0 Å². The van der Waals surface area contributed by atoms with Gasteiger partial charge in [-0.05, 0) is 62.8 Å². The van der Waals surface area contributed by atoms with E-state index >= 15 is 0 Å². The second-order valence-electron chi connectivity index (χ2n) is 8.97. The van der Waals surface area contributed by atoms with Gasteiger partial charge in [-0.15, -0.1) is 10.2 Å². The molecule has 1 aromatic heterocycles. The van der Waals surface area contributed by atoms with E-state index in [-0.39, 0.29) is 17.7 Å². The van der Waals surface area contributed by atoms with Crippen LogP contribution in [0.5, 0.6) is 11.5 Å². The van der Waals surface area contributed by atoms with Crippen molar-refractivity contribution >= 4 is 5.91 Å². The Morgan fingerprint density at radius 1 is 1.19 bits per heavy atom. The molecule has 1 fully saturated rings. The van der Waals surface area contributed by atoms with Crippen LogP contribution in [0.15, 0.2) is 18.2 Å². The fraction of sp³-hybridized carbons (Fsp3) is 0.625.